The Balaban J connectivity index is 0.00000144. The van der Waals surface area contributed by atoms with Gasteiger partial charge in [-0.3, -0.25) is 0 Å². The molecule has 0 bridgehead atoms. The minimum absolute atomic E-state index is 0. The van der Waals surface area contributed by atoms with Crippen molar-refractivity contribution in [3.63, 3.8) is 0 Å². The van der Waals surface area contributed by atoms with Crippen molar-refractivity contribution in [2.75, 3.05) is 31.6 Å². The molecule has 2 N–H and O–H groups in total. The van der Waals surface area contributed by atoms with Gasteiger partial charge in [0.1, 0.15) is 5.82 Å². The molecule has 0 aromatic carbocycles. The highest BCUT2D eigenvalue weighted by atomic mass is 35.5. The molecule has 0 aliphatic carbocycles. The van der Waals surface area contributed by atoms with Gasteiger partial charge in [-0.25, -0.2) is 4.98 Å². The molecule has 4 nitrogen and oxygen atoms in total. The Hall–Kier alpha value is -0.840. The molecule has 2 rings (SSSR count). The Morgan fingerprint density at radius 2 is 2.35 bits per heavy atom. The molecule has 1 aromatic heterocycles. The summed E-state index contributed by atoms with van der Waals surface area (Å²) in [5.74, 6) is 0.959. The van der Waals surface area contributed by atoms with Crippen LogP contribution in [0.3, 0.4) is 0 Å². The largest absolute Gasteiger partial charge is 0.380 e. The lowest BCUT2D eigenvalue weighted by Gasteiger charge is -2.17. The van der Waals surface area contributed by atoms with Gasteiger partial charge in [0.25, 0.3) is 0 Å². The van der Waals surface area contributed by atoms with Gasteiger partial charge in [0.05, 0.1) is 6.61 Å². The summed E-state index contributed by atoms with van der Waals surface area (Å²) in [6.07, 6.45) is 1.02. The zero-order valence-corrected chi connectivity index (χ0v) is 11.0. The van der Waals surface area contributed by atoms with E-state index in [1.54, 1.807) is 0 Å². The molecule has 2 heterocycles. The summed E-state index contributed by atoms with van der Waals surface area (Å²) in [5, 5.41) is 6.61. The summed E-state index contributed by atoms with van der Waals surface area (Å²) >= 11 is 0. The van der Waals surface area contributed by atoms with Gasteiger partial charge < -0.3 is 15.4 Å². The molecule has 0 saturated heterocycles. The van der Waals surface area contributed by atoms with Crippen LogP contribution < -0.4 is 10.6 Å². The molecular weight excluding hydrogens is 238 g/mol. The maximum Gasteiger partial charge on any atom is 0.126 e. The Bertz CT molecular complexity index is 347. The van der Waals surface area contributed by atoms with E-state index >= 15 is 0 Å². The third-order valence-electron chi connectivity index (χ3n) is 2.68. The first-order chi connectivity index (χ1) is 7.90. The van der Waals surface area contributed by atoms with Crippen molar-refractivity contribution >= 4 is 18.2 Å². The van der Waals surface area contributed by atoms with Crippen LogP contribution in [0.4, 0.5) is 5.82 Å². The topological polar surface area (TPSA) is 46.2 Å². The van der Waals surface area contributed by atoms with E-state index in [0.29, 0.717) is 0 Å². The van der Waals surface area contributed by atoms with Crippen molar-refractivity contribution in [2.24, 2.45) is 0 Å². The highest BCUT2D eigenvalue weighted by Gasteiger charge is 2.09. The number of hydrogen-bond acceptors (Lipinski definition) is 4. The van der Waals surface area contributed by atoms with Crippen LogP contribution in [-0.2, 0) is 17.7 Å². The van der Waals surface area contributed by atoms with Gasteiger partial charge in [-0.15, -0.1) is 12.4 Å². The average molecular weight is 258 g/mol. The zero-order valence-electron chi connectivity index (χ0n) is 10.2. The van der Waals surface area contributed by atoms with Crippen LogP contribution in [0.25, 0.3) is 0 Å². The minimum atomic E-state index is 0. The van der Waals surface area contributed by atoms with Gasteiger partial charge in [-0.2, -0.15) is 0 Å². The highest BCUT2D eigenvalue weighted by molar-refractivity contribution is 5.85. The second-order valence-electron chi connectivity index (χ2n) is 3.85. The summed E-state index contributed by atoms with van der Waals surface area (Å²) in [5.41, 5.74) is 2.54. The average Bonchev–Trinajstić information content (AvgIpc) is 2.34. The predicted octanol–water partition coefficient (Wildman–Crippen LogP) is 1.60. The molecule has 17 heavy (non-hydrogen) atoms. The first kappa shape index (κ1) is 14.2. The second kappa shape index (κ2) is 7.48. The lowest BCUT2D eigenvalue weighted by Crippen LogP contribution is -2.24. The van der Waals surface area contributed by atoms with Crippen LogP contribution in [0.1, 0.15) is 18.2 Å². The fourth-order valence-electron chi connectivity index (χ4n) is 1.83. The Kier molecular flexibility index (Phi) is 6.26. The van der Waals surface area contributed by atoms with Gasteiger partial charge in [-0.1, -0.05) is 6.07 Å². The molecule has 0 amide bonds. The van der Waals surface area contributed by atoms with E-state index in [1.165, 1.54) is 11.3 Å². The first-order valence-electron chi connectivity index (χ1n) is 5.91. The van der Waals surface area contributed by atoms with Gasteiger partial charge in [0.2, 0.25) is 0 Å². The standard InChI is InChI=1S/C12H19N3O.ClH/c1-2-16-8-7-14-12-4-3-10-9-13-6-5-11(10)15-12;/h3-4,13H,2,5-9H2,1H3,(H,14,15);1H. The highest BCUT2D eigenvalue weighted by Crippen LogP contribution is 2.14. The van der Waals surface area contributed by atoms with E-state index in [2.05, 4.69) is 21.7 Å². The number of rotatable bonds is 5. The molecule has 0 radical (unpaired) electrons. The number of halogens is 1. The van der Waals surface area contributed by atoms with Gasteiger partial charge >= 0.3 is 0 Å². The Morgan fingerprint density at radius 1 is 1.47 bits per heavy atom. The Morgan fingerprint density at radius 3 is 3.18 bits per heavy atom. The minimum Gasteiger partial charge on any atom is -0.380 e. The molecule has 5 heteroatoms. The summed E-state index contributed by atoms with van der Waals surface area (Å²) in [7, 11) is 0. The normalized spacial score (nSPS) is 13.7. The lowest BCUT2D eigenvalue weighted by molar-refractivity contribution is 0.158. The van der Waals surface area contributed by atoms with Crippen molar-refractivity contribution in [3.8, 4) is 0 Å². The van der Waals surface area contributed by atoms with E-state index < -0.39 is 0 Å². The molecule has 1 aliphatic rings. The van der Waals surface area contributed by atoms with Crippen molar-refractivity contribution in [1.29, 1.82) is 0 Å². The molecule has 0 fully saturated rings. The van der Waals surface area contributed by atoms with Gasteiger partial charge in [-0.05, 0) is 18.6 Å². The summed E-state index contributed by atoms with van der Waals surface area (Å²) in [4.78, 5) is 4.60. The molecule has 1 aliphatic heterocycles. The number of fused-ring (bicyclic) bond motifs is 1. The van der Waals surface area contributed by atoms with E-state index in [1.807, 2.05) is 13.0 Å². The number of anilines is 1. The van der Waals surface area contributed by atoms with Crippen molar-refractivity contribution in [1.82, 2.24) is 10.3 Å². The Labute approximate surface area is 109 Å². The predicted molar refractivity (Wildman–Crippen MR) is 71.9 cm³/mol. The summed E-state index contributed by atoms with van der Waals surface area (Å²) < 4.78 is 5.27. The van der Waals surface area contributed by atoms with E-state index in [0.717, 1.165) is 45.1 Å². The first-order valence-corrected chi connectivity index (χ1v) is 5.91. The number of ether oxygens (including phenoxy) is 1. The summed E-state index contributed by atoms with van der Waals surface area (Å²) in [6, 6.07) is 4.19. The molecule has 0 atom stereocenters. The molecular formula is C12H20ClN3O. The molecule has 0 spiro atoms. The van der Waals surface area contributed by atoms with Crippen LogP contribution in [0.15, 0.2) is 12.1 Å². The van der Waals surface area contributed by atoms with E-state index in [-0.39, 0.29) is 12.4 Å². The smallest absolute Gasteiger partial charge is 0.126 e. The number of pyridine rings is 1. The van der Waals surface area contributed by atoms with Crippen molar-refractivity contribution in [3.05, 3.63) is 23.4 Å². The van der Waals surface area contributed by atoms with Crippen LogP contribution in [0.2, 0.25) is 0 Å². The van der Waals surface area contributed by atoms with E-state index in [9.17, 15) is 0 Å². The van der Waals surface area contributed by atoms with Crippen LogP contribution in [0.5, 0.6) is 0 Å². The second-order valence-corrected chi connectivity index (χ2v) is 3.85. The third-order valence-corrected chi connectivity index (χ3v) is 2.68. The third kappa shape index (κ3) is 4.15. The number of nitrogens with zero attached hydrogens (tertiary/aromatic N) is 1. The van der Waals surface area contributed by atoms with Gasteiger partial charge in [0.15, 0.2) is 0 Å². The van der Waals surface area contributed by atoms with Gasteiger partial charge in [0, 0.05) is 38.4 Å². The zero-order chi connectivity index (χ0) is 11.2. The van der Waals surface area contributed by atoms with E-state index in [4.69, 9.17) is 4.74 Å². The fraction of sp³-hybridized carbons (Fsp3) is 0.583. The molecule has 96 valence electrons. The number of nitrogens with one attached hydrogen (secondary N) is 2. The fourth-order valence-corrected chi connectivity index (χ4v) is 1.83. The van der Waals surface area contributed by atoms with Crippen LogP contribution >= 0.6 is 12.4 Å². The molecule has 0 unspecified atom stereocenters. The molecule has 1 aromatic rings. The lowest BCUT2D eigenvalue weighted by atomic mass is 10.1. The van der Waals surface area contributed by atoms with Crippen LogP contribution in [-0.4, -0.2) is 31.3 Å². The summed E-state index contributed by atoms with van der Waals surface area (Å²) in [6.45, 7) is 6.30. The maximum absolute atomic E-state index is 5.27. The monoisotopic (exact) mass is 257 g/mol. The SMILES string of the molecule is CCOCCNc1ccc2c(n1)CCNC2.Cl. The maximum atomic E-state index is 5.27. The molecule has 0 saturated carbocycles. The van der Waals surface area contributed by atoms with Crippen molar-refractivity contribution in [2.45, 2.75) is 19.9 Å². The number of aromatic nitrogens is 1. The number of hydrogen-bond donors (Lipinski definition) is 2. The quantitative estimate of drug-likeness (QED) is 0.787. The van der Waals surface area contributed by atoms with Crippen LogP contribution in [0, 0.1) is 0 Å². The van der Waals surface area contributed by atoms with Crippen molar-refractivity contribution < 1.29 is 4.74 Å².